The Kier molecular flexibility index (Phi) is 4.19. The Morgan fingerprint density at radius 3 is 2.31 bits per heavy atom. The average molecular weight is 389 g/mol. The molecule has 29 heavy (non-hydrogen) atoms. The van der Waals surface area contributed by atoms with Gasteiger partial charge in [-0.05, 0) is 79.0 Å². The highest BCUT2D eigenvalue weighted by molar-refractivity contribution is 5.96. The predicted octanol–water partition coefficient (Wildman–Crippen LogP) is 4.49. The number of hydrogen-bond acceptors (Lipinski definition) is 3. The van der Waals surface area contributed by atoms with E-state index in [1.165, 1.54) is 0 Å². The van der Waals surface area contributed by atoms with E-state index in [2.05, 4.69) is 11.4 Å². The first-order valence-electron chi connectivity index (χ1n) is 10.1. The first-order valence-corrected chi connectivity index (χ1v) is 10.1. The largest absolute Gasteiger partial charge is 0.481 e. The summed E-state index contributed by atoms with van der Waals surface area (Å²) in [4.78, 5) is 24.9. The minimum absolute atomic E-state index is 0.0108. The molecule has 5 nitrogen and oxygen atoms in total. The molecule has 4 aliphatic rings. The monoisotopic (exact) mass is 389 g/mol. The highest BCUT2D eigenvalue weighted by atomic mass is 16.5. The number of aryl methyl sites for hydroxylation is 1. The van der Waals surface area contributed by atoms with Gasteiger partial charge in [-0.25, -0.2) is 0 Å². The van der Waals surface area contributed by atoms with Crippen LogP contribution in [-0.2, 0) is 9.59 Å². The normalized spacial score (nSPS) is 31.1. The topological polar surface area (TPSA) is 75.6 Å². The molecule has 2 N–H and O–H groups in total. The Morgan fingerprint density at radius 2 is 1.66 bits per heavy atom. The second-order valence-corrected chi connectivity index (χ2v) is 8.43. The summed E-state index contributed by atoms with van der Waals surface area (Å²) in [7, 11) is 0. The van der Waals surface area contributed by atoms with Gasteiger partial charge in [-0.2, -0.15) is 0 Å². The quantitative estimate of drug-likeness (QED) is 0.739. The van der Waals surface area contributed by atoms with Crippen molar-refractivity contribution in [3.8, 4) is 11.5 Å². The van der Waals surface area contributed by atoms with Crippen LogP contribution in [0, 0.1) is 42.4 Å². The van der Waals surface area contributed by atoms with Crippen LogP contribution in [0.3, 0.4) is 0 Å². The van der Waals surface area contributed by atoms with E-state index in [0.29, 0.717) is 23.3 Å². The molecule has 2 aromatic rings. The van der Waals surface area contributed by atoms with E-state index in [4.69, 9.17) is 4.74 Å². The Morgan fingerprint density at radius 1 is 0.966 bits per heavy atom. The maximum atomic E-state index is 13.0. The molecule has 1 amide bonds. The molecule has 6 atom stereocenters. The molecule has 4 aliphatic carbocycles. The summed E-state index contributed by atoms with van der Waals surface area (Å²) in [5, 5.41) is 12.7. The second kappa shape index (κ2) is 6.76. The summed E-state index contributed by atoms with van der Waals surface area (Å²) in [5.41, 5.74) is 1.77. The third-order valence-corrected chi connectivity index (χ3v) is 6.59. The molecule has 0 saturated heterocycles. The van der Waals surface area contributed by atoms with E-state index in [-0.39, 0.29) is 17.7 Å². The predicted molar refractivity (Wildman–Crippen MR) is 109 cm³/mol. The molecule has 2 bridgehead atoms. The zero-order valence-electron chi connectivity index (χ0n) is 16.1. The van der Waals surface area contributed by atoms with E-state index < -0.39 is 17.8 Å². The van der Waals surface area contributed by atoms with E-state index >= 15 is 0 Å². The van der Waals surface area contributed by atoms with Gasteiger partial charge in [-0.1, -0.05) is 24.3 Å². The van der Waals surface area contributed by atoms with Crippen LogP contribution in [0.25, 0.3) is 0 Å². The number of ether oxygens (including phenoxy) is 1. The van der Waals surface area contributed by atoms with Crippen LogP contribution in [0.2, 0.25) is 0 Å². The molecule has 0 unspecified atom stereocenters. The van der Waals surface area contributed by atoms with E-state index in [0.717, 1.165) is 17.7 Å². The van der Waals surface area contributed by atoms with Gasteiger partial charge >= 0.3 is 5.97 Å². The van der Waals surface area contributed by atoms with E-state index in [1.54, 1.807) is 24.3 Å². The molecule has 6 rings (SSSR count). The summed E-state index contributed by atoms with van der Waals surface area (Å²) >= 11 is 0. The van der Waals surface area contributed by atoms with Crippen molar-refractivity contribution in [2.24, 2.45) is 35.5 Å². The molecule has 5 heteroatoms. The third-order valence-electron chi connectivity index (χ3n) is 6.59. The van der Waals surface area contributed by atoms with Crippen LogP contribution in [-0.4, -0.2) is 17.0 Å². The molecule has 0 aromatic heterocycles. The van der Waals surface area contributed by atoms with Crippen LogP contribution in [0.5, 0.6) is 11.5 Å². The van der Waals surface area contributed by atoms with Crippen molar-refractivity contribution in [1.82, 2.24) is 0 Å². The molecular formula is C24H23NO4. The van der Waals surface area contributed by atoms with Gasteiger partial charge in [-0.3, -0.25) is 9.59 Å². The lowest BCUT2D eigenvalue weighted by Gasteiger charge is -2.41. The van der Waals surface area contributed by atoms with Crippen molar-refractivity contribution in [1.29, 1.82) is 0 Å². The number of aliphatic carboxylic acids is 1. The first-order chi connectivity index (χ1) is 14.0. The summed E-state index contributed by atoms with van der Waals surface area (Å²) in [6.45, 7) is 2.01. The smallest absolute Gasteiger partial charge is 0.307 e. The summed E-state index contributed by atoms with van der Waals surface area (Å²) in [6.07, 6.45) is 5.14. The molecule has 2 saturated carbocycles. The first kappa shape index (κ1) is 18.0. The number of carboxylic acid groups (broad SMARTS) is 1. The van der Waals surface area contributed by atoms with E-state index in [1.807, 2.05) is 37.3 Å². The maximum Gasteiger partial charge on any atom is 0.307 e. The van der Waals surface area contributed by atoms with Gasteiger partial charge in [0.25, 0.3) is 0 Å². The molecule has 0 radical (unpaired) electrons. The van der Waals surface area contributed by atoms with Gasteiger partial charge in [-0.15, -0.1) is 0 Å². The van der Waals surface area contributed by atoms with Gasteiger partial charge in [0.2, 0.25) is 5.91 Å². The lowest BCUT2D eigenvalue weighted by molar-refractivity contribution is -0.152. The van der Waals surface area contributed by atoms with Crippen LogP contribution < -0.4 is 10.1 Å². The van der Waals surface area contributed by atoms with Crippen LogP contribution in [0.4, 0.5) is 5.69 Å². The minimum Gasteiger partial charge on any atom is -0.481 e. The van der Waals surface area contributed by atoms with Crippen molar-refractivity contribution < 1.29 is 19.4 Å². The van der Waals surface area contributed by atoms with Gasteiger partial charge in [0.15, 0.2) is 0 Å². The average Bonchev–Trinajstić information content (AvgIpc) is 3.51. The number of hydrogen-bond donors (Lipinski definition) is 2. The molecular weight excluding hydrogens is 366 g/mol. The van der Waals surface area contributed by atoms with Gasteiger partial charge in [0.1, 0.15) is 11.5 Å². The van der Waals surface area contributed by atoms with Crippen LogP contribution in [0.1, 0.15) is 12.0 Å². The summed E-state index contributed by atoms with van der Waals surface area (Å²) in [6, 6.07) is 15.0. The Labute approximate surface area is 169 Å². The van der Waals surface area contributed by atoms with Crippen LogP contribution >= 0.6 is 0 Å². The number of carbonyl (C=O) groups is 2. The fourth-order valence-electron chi connectivity index (χ4n) is 5.22. The van der Waals surface area contributed by atoms with Crippen molar-refractivity contribution in [3.05, 3.63) is 66.2 Å². The number of fused-ring (bicyclic) bond motifs is 1. The highest BCUT2D eigenvalue weighted by Crippen LogP contribution is 2.63. The number of carbonyl (C=O) groups excluding carboxylic acids is 1. The Hall–Kier alpha value is -3.08. The molecule has 0 aliphatic heterocycles. The molecule has 0 heterocycles. The van der Waals surface area contributed by atoms with Gasteiger partial charge in [0.05, 0.1) is 11.8 Å². The Balaban J connectivity index is 1.29. The SMILES string of the molecule is Cc1cccc(Oc2ccc(NC(=O)[C@@H]3[C@H]4C=C[C@@H]([C@@H]5C[C@H]45)[C@H]3C(=O)O)cc2)c1. The molecule has 2 fully saturated rings. The highest BCUT2D eigenvalue weighted by Gasteiger charge is 2.62. The lowest BCUT2D eigenvalue weighted by Crippen LogP contribution is -2.48. The Bertz CT molecular complexity index is 996. The minimum atomic E-state index is -0.864. The lowest BCUT2D eigenvalue weighted by atomic mass is 9.62. The number of anilines is 1. The molecule has 148 valence electrons. The van der Waals surface area contributed by atoms with Gasteiger partial charge in [0, 0.05) is 5.69 Å². The van der Waals surface area contributed by atoms with Crippen molar-refractivity contribution in [2.45, 2.75) is 13.3 Å². The number of carboxylic acids is 1. The maximum absolute atomic E-state index is 13.0. The molecule has 2 aromatic carbocycles. The zero-order valence-corrected chi connectivity index (χ0v) is 16.1. The van der Waals surface area contributed by atoms with Crippen molar-refractivity contribution in [2.75, 3.05) is 5.32 Å². The summed E-state index contributed by atoms with van der Waals surface area (Å²) < 4.78 is 5.84. The fraction of sp³-hybridized carbons (Fsp3) is 0.333. The number of amides is 1. The van der Waals surface area contributed by atoms with Crippen molar-refractivity contribution >= 4 is 17.6 Å². The zero-order chi connectivity index (χ0) is 20.1. The molecule has 0 spiro atoms. The third kappa shape index (κ3) is 3.20. The van der Waals surface area contributed by atoms with E-state index in [9.17, 15) is 14.7 Å². The number of nitrogens with one attached hydrogen (secondary N) is 1. The summed E-state index contributed by atoms with van der Waals surface area (Å²) in [5.74, 6) is 0.193. The number of rotatable bonds is 5. The number of benzene rings is 2. The second-order valence-electron chi connectivity index (χ2n) is 8.43. The number of allylic oxidation sites excluding steroid dienone is 2. The standard InChI is InChI=1S/C24H23NO4/c1-13-3-2-4-16(11-13)29-15-7-5-14(6-8-15)25-23(26)21-17-9-10-18(20-12-19(17)20)22(21)24(27)28/h2-11,17-22H,12H2,1H3,(H,25,26)(H,27,28)/t17-,18-,19+,20-,21+,22+/m0/s1. The fourth-order valence-corrected chi connectivity index (χ4v) is 5.22. The van der Waals surface area contributed by atoms with Crippen LogP contribution in [0.15, 0.2) is 60.7 Å². The van der Waals surface area contributed by atoms with Crippen molar-refractivity contribution in [3.63, 3.8) is 0 Å². The van der Waals surface area contributed by atoms with Gasteiger partial charge < -0.3 is 15.2 Å².